The summed E-state index contributed by atoms with van der Waals surface area (Å²) in [5.74, 6) is -0.133. The van der Waals surface area contributed by atoms with Crippen molar-refractivity contribution >= 4 is 17.7 Å². The van der Waals surface area contributed by atoms with E-state index in [2.05, 4.69) is 31.2 Å². The summed E-state index contributed by atoms with van der Waals surface area (Å²) in [4.78, 5) is 14.9. The number of aliphatic hydroxyl groups excluding tert-OH is 1. The van der Waals surface area contributed by atoms with Crippen LogP contribution in [0.25, 0.3) is 0 Å². The zero-order valence-electron chi connectivity index (χ0n) is 11.8. The lowest BCUT2D eigenvalue weighted by atomic mass is 10.1. The number of carbonyl (C=O) groups excluding carboxylic acids is 1. The van der Waals surface area contributed by atoms with Gasteiger partial charge in [-0.1, -0.05) is 17.7 Å². The van der Waals surface area contributed by atoms with Gasteiger partial charge < -0.3 is 15.7 Å². The Labute approximate surface area is 124 Å². The molecule has 0 spiro atoms. The lowest BCUT2D eigenvalue weighted by Crippen LogP contribution is -2.49. The molecule has 1 fully saturated rings. The van der Waals surface area contributed by atoms with Crippen LogP contribution in [0.3, 0.4) is 0 Å². The minimum absolute atomic E-state index is 0.133. The summed E-state index contributed by atoms with van der Waals surface area (Å²) >= 11 is 1.88. The molecule has 0 radical (unpaired) electrons. The van der Waals surface area contributed by atoms with Gasteiger partial charge in [0.05, 0.1) is 6.61 Å². The molecule has 1 aliphatic rings. The largest absolute Gasteiger partial charge is 0.394 e. The molecule has 1 aromatic rings. The first-order valence-electron chi connectivity index (χ1n) is 6.98. The third-order valence-corrected chi connectivity index (χ3v) is 4.94. The number of rotatable bonds is 4. The molecule has 1 atom stereocenters. The number of carbonyl (C=O) groups is 1. The van der Waals surface area contributed by atoms with Crippen molar-refractivity contribution in [3.63, 3.8) is 0 Å². The average molecular weight is 294 g/mol. The molecule has 3 N–H and O–H groups in total. The van der Waals surface area contributed by atoms with Crippen molar-refractivity contribution in [3.05, 3.63) is 29.8 Å². The monoisotopic (exact) mass is 294 g/mol. The van der Waals surface area contributed by atoms with Crippen LogP contribution in [0, 0.1) is 6.92 Å². The average Bonchev–Trinajstić information content (AvgIpc) is 2.49. The van der Waals surface area contributed by atoms with E-state index in [9.17, 15) is 4.79 Å². The zero-order chi connectivity index (χ0) is 14.5. The molecule has 2 rings (SSSR count). The number of hydrogen-bond acceptors (Lipinski definition) is 4. The number of thioether (sulfide) groups is 1. The number of likely N-dealkylation sites (tertiary alicyclic amines) is 1. The molecule has 0 bridgehead atoms. The van der Waals surface area contributed by atoms with Crippen LogP contribution in [-0.4, -0.2) is 46.9 Å². The summed E-state index contributed by atoms with van der Waals surface area (Å²) in [5.41, 5.74) is 6.84. The Morgan fingerprint density at radius 1 is 1.40 bits per heavy atom. The van der Waals surface area contributed by atoms with Gasteiger partial charge >= 0.3 is 0 Å². The van der Waals surface area contributed by atoms with Gasteiger partial charge in [-0.3, -0.25) is 4.79 Å². The summed E-state index contributed by atoms with van der Waals surface area (Å²) in [7, 11) is 0. The number of aryl methyl sites for hydroxylation is 1. The molecule has 110 valence electrons. The van der Waals surface area contributed by atoms with Gasteiger partial charge in [-0.15, -0.1) is 11.8 Å². The van der Waals surface area contributed by atoms with E-state index in [1.807, 2.05) is 11.8 Å². The molecule has 1 amide bonds. The Morgan fingerprint density at radius 2 is 2.00 bits per heavy atom. The molecule has 1 aromatic carbocycles. The predicted molar refractivity (Wildman–Crippen MR) is 81.7 cm³/mol. The SMILES string of the molecule is Cc1ccc(SC2CCN(C(=O)[C@H](N)CO)CC2)cc1. The van der Waals surface area contributed by atoms with Crippen molar-refractivity contribution < 1.29 is 9.90 Å². The molecule has 1 aliphatic heterocycles. The van der Waals surface area contributed by atoms with Crippen LogP contribution >= 0.6 is 11.8 Å². The van der Waals surface area contributed by atoms with Crippen molar-refractivity contribution in [1.29, 1.82) is 0 Å². The summed E-state index contributed by atoms with van der Waals surface area (Å²) in [5, 5.41) is 9.48. The van der Waals surface area contributed by atoms with Gasteiger partial charge in [-0.2, -0.15) is 0 Å². The second-order valence-corrected chi connectivity index (χ2v) is 6.62. The number of amides is 1. The molecule has 1 saturated heterocycles. The maximum absolute atomic E-state index is 11.9. The molecule has 0 aromatic heterocycles. The van der Waals surface area contributed by atoms with E-state index in [1.54, 1.807) is 4.90 Å². The number of aliphatic hydroxyl groups is 1. The van der Waals surface area contributed by atoms with Crippen LogP contribution in [0.1, 0.15) is 18.4 Å². The van der Waals surface area contributed by atoms with Crippen LogP contribution in [-0.2, 0) is 4.79 Å². The highest BCUT2D eigenvalue weighted by Gasteiger charge is 2.26. The van der Waals surface area contributed by atoms with Crippen LogP contribution in [0.15, 0.2) is 29.2 Å². The van der Waals surface area contributed by atoms with Gasteiger partial charge in [-0.25, -0.2) is 0 Å². The molecule has 5 heteroatoms. The quantitative estimate of drug-likeness (QED) is 0.881. The van der Waals surface area contributed by atoms with Crippen LogP contribution < -0.4 is 5.73 Å². The van der Waals surface area contributed by atoms with E-state index in [1.165, 1.54) is 10.5 Å². The van der Waals surface area contributed by atoms with Crippen molar-refractivity contribution in [2.45, 2.75) is 36.0 Å². The zero-order valence-corrected chi connectivity index (χ0v) is 12.6. The van der Waals surface area contributed by atoms with Crippen LogP contribution in [0.2, 0.25) is 0 Å². The highest BCUT2D eigenvalue weighted by molar-refractivity contribution is 8.00. The fourth-order valence-electron chi connectivity index (χ4n) is 2.32. The Morgan fingerprint density at radius 3 is 2.55 bits per heavy atom. The summed E-state index contributed by atoms with van der Waals surface area (Å²) in [6.45, 7) is 3.27. The molecular formula is C15H22N2O2S. The van der Waals surface area contributed by atoms with Crippen molar-refractivity contribution in [2.75, 3.05) is 19.7 Å². The molecule has 0 unspecified atom stereocenters. The second kappa shape index (κ2) is 7.11. The third kappa shape index (κ3) is 3.98. The summed E-state index contributed by atoms with van der Waals surface area (Å²) in [6, 6.07) is 7.79. The van der Waals surface area contributed by atoms with E-state index in [-0.39, 0.29) is 12.5 Å². The standard InChI is InChI=1S/C15H22N2O2S/c1-11-2-4-12(5-3-11)20-13-6-8-17(9-7-13)15(19)14(16)10-18/h2-5,13-14,18H,6-10,16H2,1H3/t14-/m1/s1. The number of nitrogens with zero attached hydrogens (tertiary/aromatic N) is 1. The highest BCUT2D eigenvalue weighted by Crippen LogP contribution is 2.30. The Bertz CT molecular complexity index is 442. The number of piperidine rings is 1. The molecule has 4 nitrogen and oxygen atoms in total. The molecular weight excluding hydrogens is 272 g/mol. The first-order chi connectivity index (χ1) is 9.60. The first kappa shape index (κ1) is 15.4. The third-order valence-electron chi connectivity index (χ3n) is 3.59. The summed E-state index contributed by atoms with van der Waals surface area (Å²) in [6.07, 6.45) is 1.95. The van der Waals surface area contributed by atoms with Crippen molar-refractivity contribution in [3.8, 4) is 0 Å². The van der Waals surface area contributed by atoms with Crippen molar-refractivity contribution in [2.24, 2.45) is 5.73 Å². The lowest BCUT2D eigenvalue weighted by molar-refractivity contribution is -0.134. The Hall–Kier alpha value is -1.04. The van der Waals surface area contributed by atoms with E-state index < -0.39 is 6.04 Å². The minimum atomic E-state index is -0.767. The highest BCUT2D eigenvalue weighted by atomic mass is 32.2. The molecule has 0 saturated carbocycles. The fourth-order valence-corrected chi connectivity index (χ4v) is 3.44. The van der Waals surface area contributed by atoms with E-state index in [0.717, 1.165) is 25.9 Å². The second-order valence-electron chi connectivity index (χ2n) is 5.24. The number of hydrogen-bond donors (Lipinski definition) is 2. The molecule has 1 heterocycles. The Balaban J connectivity index is 1.82. The molecule has 0 aliphatic carbocycles. The maximum Gasteiger partial charge on any atom is 0.241 e. The molecule has 20 heavy (non-hydrogen) atoms. The van der Waals surface area contributed by atoms with Gasteiger partial charge in [0.2, 0.25) is 5.91 Å². The lowest BCUT2D eigenvalue weighted by Gasteiger charge is -2.33. The fraction of sp³-hybridized carbons (Fsp3) is 0.533. The van der Waals surface area contributed by atoms with Gasteiger partial charge in [0.1, 0.15) is 6.04 Å². The maximum atomic E-state index is 11.9. The normalized spacial score (nSPS) is 18.1. The van der Waals surface area contributed by atoms with Crippen LogP contribution in [0.4, 0.5) is 0 Å². The van der Waals surface area contributed by atoms with Gasteiger partial charge in [0, 0.05) is 23.2 Å². The van der Waals surface area contributed by atoms with Crippen LogP contribution in [0.5, 0.6) is 0 Å². The first-order valence-corrected chi connectivity index (χ1v) is 7.86. The number of nitrogens with two attached hydrogens (primary N) is 1. The van der Waals surface area contributed by atoms with Gasteiger partial charge in [0.25, 0.3) is 0 Å². The number of benzene rings is 1. The Kier molecular flexibility index (Phi) is 5.46. The minimum Gasteiger partial charge on any atom is -0.394 e. The van der Waals surface area contributed by atoms with E-state index in [4.69, 9.17) is 10.8 Å². The predicted octanol–water partition coefficient (Wildman–Crippen LogP) is 1.40. The smallest absolute Gasteiger partial charge is 0.241 e. The van der Waals surface area contributed by atoms with E-state index >= 15 is 0 Å². The van der Waals surface area contributed by atoms with Gasteiger partial charge in [0.15, 0.2) is 0 Å². The topological polar surface area (TPSA) is 66.6 Å². The van der Waals surface area contributed by atoms with E-state index in [0.29, 0.717) is 5.25 Å². The summed E-state index contributed by atoms with van der Waals surface area (Å²) < 4.78 is 0. The van der Waals surface area contributed by atoms with Gasteiger partial charge in [-0.05, 0) is 31.9 Å². The van der Waals surface area contributed by atoms with Crippen molar-refractivity contribution in [1.82, 2.24) is 4.90 Å².